The summed E-state index contributed by atoms with van der Waals surface area (Å²) in [5.74, 6) is -2.42. The monoisotopic (exact) mass is 254 g/mol. The lowest BCUT2D eigenvalue weighted by Crippen LogP contribution is -2.49. The van der Waals surface area contributed by atoms with Crippen molar-refractivity contribution in [3.63, 3.8) is 0 Å². The van der Waals surface area contributed by atoms with Crippen LogP contribution in [0.25, 0.3) is 0 Å². The highest BCUT2D eigenvalue weighted by Crippen LogP contribution is 2.30. The summed E-state index contributed by atoms with van der Waals surface area (Å²) in [6.07, 6.45) is 0.924. The van der Waals surface area contributed by atoms with Crippen molar-refractivity contribution in [3.8, 4) is 0 Å². The maximum absolute atomic E-state index is 14.1. The highest BCUT2D eigenvalue weighted by atomic mass is 19.3. The fourth-order valence-corrected chi connectivity index (χ4v) is 2.70. The number of hydrogen-bond donors (Lipinski definition) is 1. The van der Waals surface area contributed by atoms with Crippen molar-refractivity contribution < 1.29 is 8.78 Å². The number of halogens is 2. The standard InChI is InChI=1S/C14H20F2N2/c1-11-7-13(17)9-18(8-11)10-14(15,16)12-5-3-2-4-6-12/h2-6,11,13H,7-10,17H2,1H3. The Bertz CT molecular complexity index is 371. The second-order valence-corrected chi connectivity index (χ2v) is 5.37. The van der Waals surface area contributed by atoms with Crippen LogP contribution in [0.4, 0.5) is 8.78 Å². The van der Waals surface area contributed by atoms with Gasteiger partial charge in [-0.3, -0.25) is 4.90 Å². The molecule has 2 unspecified atom stereocenters. The molecular weight excluding hydrogens is 234 g/mol. The zero-order valence-electron chi connectivity index (χ0n) is 10.7. The largest absolute Gasteiger partial charge is 0.327 e. The minimum Gasteiger partial charge on any atom is -0.327 e. The Labute approximate surface area is 107 Å². The molecule has 2 N–H and O–H groups in total. The topological polar surface area (TPSA) is 29.3 Å². The summed E-state index contributed by atoms with van der Waals surface area (Å²) in [4.78, 5) is 1.78. The van der Waals surface area contributed by atoms with Gasteiger partial charge in [0.1, 0.15) is 0 Å². The summed E-state index contributed by atoms with van der Waals surface area (Å²) in [6, 6.07) is 8.01. The van der Waals surface area contributed by atoms with Gasteiger partial charge >= 0.3 is 0 Å². The van der Waals surface area contributed by atoms with E-state index in [1.54, 1.807) is 23.1 Å². The predicted molar refractivity (Wildman–Crippen MR) is 68.5 cm³/mol. The molecule has 1 heterocycles. The van der Waals surface area contributed by atoms with E-state index < -0.39 is 5.92 Å². The van der Waals surface area contributed by atoms with Crippen LogP contribution < -0.4 is 5.73 Å². The van der Waals surface area contributed by atoms with E-state index in [9.17, 15) is 8.78 Å². The van der Waals surface area contributed by atoms with E-state index in [1.165, 1.54) is 12.1 Å². The average molecular weight is 254 g/mol. The first-order chi connectivity index (χ1) is 8.47. The molecule has 1 aromatic carbocycles. The van der Waals surface area contributed by atoms with Crippen LogP contribution in [0.3, 0.4) is 0 Å². The molecule has 0 amide bonds. The summed E-state index contributed by atoms with van der Waals surface area (Å²) in [5, 5.41) is 0. The molecule has 1 saturated heterocycles. The molecule has 18 heavy (non-hydrogen) atoms. The van der Waals surface area contributed by atoms with Gasteiger partial charge in [-0.1, -0.05) is 37.3 Å². The van der Waals surface area contributed by atoms with Crippen LogP contribution in [0.15, 0.2) is 30.3 Å². The Morgan fingerprint density at radius 2 is 1.94 bits per heavy atom. The third kappa shape index (κ3) is 3.27. The molecule has 0 aromatic heterocycles. The lowest BCUT2D eigenvalue weighted by molar-refractivity contribution is -0.0472. The number of hydrogen-bond acceptors (Lipinski definition) is 2. The van der Waals surface area contributed by atoms with Crippen molar-refractivity contribution in [2.24, 2.45) is 11.7 Å². The molecule has 0 bridgehead atoms. The lowest BCUT2D eigenvalue weighted by Gasteiger charge is -2.36. The van der Waals surface area contributed by atoms with E-state index >= 15 is 0 Å². The van der Waals surface area contributed by atoms with Gasteiger partial charge in [0.2, 0.25) is 0 Å². The van der Waals surface area contributed by atoms with Gasteiger partial charge in [-0.2, -0.15) is 8.78 Å². The molecule has 1 aliphatic rings. The molecule has 0 saturated carbocycles. The zero-order chi connectivity index (χ0) is 13.2. The van der Waals surface area contributed by atoms with Gasteiger partial charge in [0, 0.05) is 24.7 Å². The van der Waals surface area contributed by atoms with E-state index in [4.69, 9.17) is 5.73 Å². The predicted octanol–water partition coefficient (Wildman–Crippen LogP) is 2.45. The van der Waals surface area contributed by atoms with Gasteiger partial charge in [0.25, 0.3) is 5.92 Å². The van der Waals surface area contributed by atoms with Gasteiger partial charge < -0.3 is 5.73 Å². The van der Waals surface area contributed by atoms with Crippen molar-refractivity contribution in [1.29, 1.82) is 0 Å². The molecule has 1 fully saturated rings. The van der Waals surface area contributed by atoms with Crippen LogP contribution in [0.2, 0.25) is 0 Å². The summed E-state index contributed by atoms with van der Waals surface area (Å²) < 4.78 is 28.2. The number of likely N-dealkylation sites (tertiary alicyclic amines) is 1. The average Bonchev–Trinajstić information content (AvgIpc) is 2.28. The van der Waals surface area contributed by atoms with Crippen LogP contribution in [0.5, 0.6) is 0 Å². The van der Waals surface area contributed by atoms with Crippen LogP contribution in [0.1, 0.15) is 18.9 Å². The molecule has 2 nitrogen and oxygen atoms in total. The quantitative estimate of drug-likeness (QED) is 0.897. The second-order valence-electron chi connectivity index (χ2n) is 5.37. The Balaban J connectivity index is 2.04. The number of benzene rings is 1. The first-order valence-corrected chi connectivity index (χ1v) is 6.38. The Kier molecular flexibility index (Phi) is 3.97. The summed E-state index contributed by atoms with van der Waals surface area (Å²) in [6.45, 7) is 3.09. The SMILES string of the molecule is CC1CC(N)CN(CC(F)(F)c2ccccc2)C1. The van der Waals surface area contributed by atoms with Crippen LogP contribution in [0, 0.1) is 5.92 Å². The molecule has 1 aliphatic heterocycles. The second kappa shape index (κ2) is 5.33. The summed E-state index contributed by atoms with van der Waals surface area (Å²) in [5.41, 5.74) is 5.97. The molecule has 0 spiro atoms. The van der Waals surface area contributed by atoms with Gasteiger partial charge in [-0.25, -0.2) is 0 Å². The van der Waals surface area contributed by atoms with Crippen molar-refractivity contribution in [2.45, 2.75) is 25.3 Å². The van der Waals surface area contributed by atoms with Crippen LogP contribution >= 0.6 is 0 Å². The number of alkyl halides is 2. The molecular formula is C14H20F2N2. The summed E-state index contributed by atoms with van der Waals surface area (Å²) in [7, 11) is 0. The van der Waals surface area contributed by atoms with E-state index in [0.29, 0.717) is 19.0 Å². The van der Waals surface area contributed by atoms with Crippen molar-refractivity contribution in [2.75, 3.05) is 19.6 Å². The first kappa shape index (κ1) is 13.4. The number of rotatable bonds is 3. The fourth-order valence-electron chi connectivity index (χ4n) is 2.70. The molecule has 0 aliphatic carbocycles. The number of nitrogens with zero attached hydrogens (tertiary/aromatic N) is 1. The smallest absolute Gasteiger partial charge is 0.285 e. The van der Waals surface area contributed by atoms with Crippen molar-refractivity contribution in [1.82, 2.24) is 4.90 Å². The highest BCUT2D eigenvalue weighted by Gasteiger charge is 2.35. The Hall–Kier alpha value is -1.00. The van der Waals surface area contributed by atoms with Crippen LogP contribution in [-0.2, 0) is 5.92 Å². The van der Waals surface area contributed by atoms with Crippen LogP contribution in [-0.4, -0.2) is 30.6 Å². The fraction of sp³-hybridized carbons (Fsp3) is 0.571. The molecule has 4 heteroatoms. The lowest BCUT2D eigenvalue weighted by atomic mass is 9.96. The third-order valence-electron chi connectivity index (χ3n) is 3.39. The highest BCUT2D eigenvalue weighted by molar-refractivity contribution is 5.20. The van der Waals surface area contributed by atoms with Gasteiger partial charge in [-0.05, 0) is 12.3 Å². The Morgan fingerprint density at radius 3 is 2.56 bits per heavy atom. The van der Waals surface area contributed by atoms with Gasteiger partial charge in [0.15, 0.2) is 0 Å². The maximum atomic E-state index is 14.1. The molecule has 1 aromatic rings. The molecule has 2 atom stereocenters. The molecule has 2 rings (SSSR count). The van der Waals surface area contributed by atoms with Gasteiger partial charge in [0.05, 0.1) is 6.54 Å². The Morgan fingerprint density at radius 1 is 1.28 bits per heavy atom. The van der Waals surface area contributed by atoms with E-state index in [0.717, 1.165) is 6.42 Å². The minimum atomic E-state index is -2.81. The van der Waals surface area contributed by atoms with Crippen molar-refractivity contribution in [3.05, 3.63) is 35.9 Å². The molecule has 0 radical (unpaired) electrons. The zero-order valence-corrected chi connectivity index (χ0v) is 10.7. The third-order valence-corrected chi connectivity index (χ3v) is 3.39. The van der Waals surface area contributed by atoms with E-state index in [-0.39, 0.29) is 18.2 Å². The normalized spacial score (nSPS) is 26.2. The number of piperidine rings is 1. The van der Waals surface area contributed by atoms with E-state index in [1.807, 2.05) is 0 Å². The van der Waals surface area contributed by atoms with E-state index in [2.05, 4.69) is 6.92 Å². The maximum Gasteiger partial charge on any atom is 0.285 e. The van der Waals surface area contributed by atoms with Crippen molar-refractivity contribution >= 4 is 0 Å². The molecule has 100 valence electrons. The summed E-state index contributed by atoms with van der Waals surface area (Å²) >= 11 is 0. The van der Waals surface area contributed by atoms with Gasteiger partial charge in [-0.15, -0.1) is 0 Å². The first-order valence-electron chi connectivity index (χ1n) is 6.38. The minimum absolute atomic E-state index is 0.0142. The number of nitrogens with two attached hydrogens (primary N) is 1.